The van der Waals surface area contributed by atoms with E-state index in [2.05, 4.69) is 4.98 Å². The second-order valence-electron chi connectivity index (χ2n) is 10.8. The van der Waals surface area contributed by atoms with Crippen molar-refractivity contribution in [3.8, 4) is 11.1 Å². The minimum atomic E-state index is -1.03. The normalized spacial score (nSPS) is 16.0. The lowest BCUT2D eigenvalue weighted by molar-refractivity contribution is -0.133. The first-order valence-corrected chi connectivity index (χ1v) is 12.6. The summed E-state index contributed by atoms with van der Waals surface area (Å²) in [5.74, 6) is -1.05. The van der Waals surface area contributed by atoms with E-state index in [0.29, 0.717) is 17.6 Å². The first kappa shape index (κ1) is 25.5. The number of aromatic nitrogens is 1. The van der Waals surface area contributed by atoms with Gasteiger partial charge in [-0.3, -0.25) is 14.4 Å². The zero-order chi connectivity index (χ0) is 27.5. The molecule has 4 N–H and O–H groups in total. The van der Waals surface area contributed by atoms with Gasteiger partial charge in [-0.2, -0.15) is 0 Å². The molecule has 38 heavy (non-hydrogen) atoms. The number of hydrogen-bond donors (Lipinski definition) is 3. The average molecular weight is 513 g/mol. The van der Waals surface area contributed by atoms with Crippen LogP contribution in [0.25, 0.3) is 32.9 Å². The van der Waals surface area contributed by atoms with E-state index in [4.69, 9.17) is 5.73 Å². The van der Waals surface area contributed by atoms with Gasteiger partial charge in [0, 0.05) is 49.0 Å². The van der Waals surface area contributed by atoms with E-state index in [9.17, 15) is 19.5 Å². The number of hydrogen-bond acceptors (Lipinski definition) is 4. The SMILES string of the molecule is Cc1c(-c2ccc(C(N)=O)c3[nH]c4cc(C(C)(C)O)ccc4c23)cccc1N1CC(C(=O)N(C)C)CC1=O. The largest absolute Gasteiger partial charge is 0.386 e. The van der Waals surface area contributed by atoms with Gasteiger partial charge in [-0.25, -0.2) is 0 Å². The Bertz CT molecular complexity index is 1630. The van der Waals surface area contributed by atoms with Crippen LogP contribution in [0.5, 0.6) is 0 Å². The Morgan fingerprint density at radius 1 is 1.11 bits per heavy atom. The summed E-state index contributed by atoms with van der Waals surface area (Å²) in [5.41, 5.74) is 10.7. The molecule has 3 amide bonds. The Balaban J connectivity index is 1.69. The van der Waals surface area contributed by atoms with E-state index >= 15 is 0 Å². The number of H-pyrrole nitrogens is 1. The van der Waals surface area contributed by atoms with E-state index in [1.165, 1.54) is 4.90 Å². The lowest BCUT2D eigenvalue weighted by atomic mass is 9.92. The van der Waals surface area contributed by atoms with Crippen LogP contribution in [0, 0.1) is 12.8 Å². The van der Waals surface area contributed by atoms with Crippen molar-refractivity contribution in [2.45, 2.75) is 32.8 Å². The van der Waals surface area contributed by atoms with E-state index in [1.54, 1.807) is 38.9 Å². The molecule has 1 saturated heterocycles. The third kappa shape index (κ3) is 4.11. The van der Waals surface area contributed by atoms with Gasteiger partial charge in [0.05, 0.1) is 22.6 Å². The van der Waals surface area contributed by atoms with Crippen molar-refractivity contribution >= 4 is 45.2 Å². The molecule has 5 rings (SSSR count). The fourth-order valence-corrected chi connectivity index (χ4v) is 5.50. The van der Waals surface area contributed by atoms with Crippen LogP contribution in [0.2, 0.25) is 0 Å². The highest BCUT2D eigenvalue weighted by molar-refractivity contribution is 6.20. The van der Waals surface area contributed by atoms with Gasteiger partial charge in [-0.15, -0.1) is 0 Å². The van der Waals surface area contributed by atoms with Gasteiger partial charge in [0.1, 0.15) is 0 Å². The molecule has 1 fully saturated rings. The number of aromatic amines is 1. The summed E-state index contributed by atoms with van der Waals surface area (Å²) >= 11 is 0. The molecule has 2 heterocycles. The molecule has 8 heteroatoms. The lowest BCUT2D eigenvalue weighted by Gasteiger charge is -2.22. The van der Waals surface area contributed by atoms with Crippen molar-refractivity contribution < 1.29 is 19.5 Å². The maximum Gasteiger partial charge on any atom is 0.250 e. The molecule has 1 unspecified atom stereocenters. The monoisotopic (exact) mass is 512 g/mol. The number of benzene rings is 3. The lowest BCUT2D eigenvalue weighted by Crippen LogP contribution is -2.32. The van der Waals surface area contributed by atoms with Gasteiger partial charge in [0.25, 0.3) is 5.91 Å². The molecule has 1 aliphatic heterocycles. The predicted molar refractivity (Wildman–Crippen MR) is 149 cm³/mol. The van der Waals surface area contributed by atoms with Crippen LogP contribution in [0.4, 0.5) is 5.69 Å². The maximum atomic E-state index is 13.0. The molecule has 8 nitrogen and oxygen atoms in total. The first-order valence-electron chi connectivity index (χ1n) is 12.6. The zero-order valence-electron chi connectivity index (χ0n) is 22.3. The standard InChI is InChI=1S/C30H32N4O4/c1-16-19(7-6-8-24(16)34-15-17(13-25(34)35)29(37)33(4)5)20-11-12-22(28(31)36)27-26(20)21-10-9-18(30(2,3)38)14-23(21)32-27/h6-12,14,17,32,38H,13,15H2,1-5H3,(H2,31,36). The molecule has 3 aromatic carbocycles. The number of carbonyl (C=O) groups is 3. The number of carbonyl (C=O) groups excluding carboxylic acids is 3. The molecular formula is C30H32N4O4. The Labute approximate surface area is 221 Å². The second-order valence-corrected chi connectivity index (χ2v) is 10.8. The molecule has 1 atom stereocenters. The van der Waals surface area contributed by atoms with Crippen LogP contribution < -0.4 is 10.6 Å². The molecule has 196 valence electrons. The number of nitrogens with two attached hydrogens (primary N) is 1. The van der Waals surface area contributed by atoms with Crippen LogP contribution in [0.3, 0.4) is 0 Å². The van der Waals surface area contributed by atoms with Crippen molar-refractivity contribution in [2.24, 2.45) is 11.7 Å². The summed E-state index contributed by atoms with van der Waals surface area (Å²) in [6.07, 6.45) is 0.185. The van der Waals surface area contributed by atoms with Gasteiger partial charge in [-0.05, 0) is 61.2 Å². The first-order chi connectivity index (χ1) is 17.9. The smallest absolute Gasteiger partial charge is 0.250 e. The summed E-state index contributed by atoms with van der Waals surface area (Å²) in [5, 5.41) is 12.3. The van der Waals surface area contributed by atoms with Crippen LogP contribution in [-0.2, 0) is 15.2 Å². The van der Waals surface area contributed by atoms with Crippen LogP contribution in [0.15, 0.2) is 48.5 Å². The van der Waals surface area contributed by atoms with Crippen molar-refractivity contribution in [3.05, 3.63) is 65.2 Å². The molecule has 0 radical (unpaired) electrons. The molecule has 4 aromatic rings. The maximum absolute atomic E-state index is 13.0. The fraction of sp³-hybridized carbons (Fsp3) is 0.300. The molecule has 0 aliphatic carbocycles. The van der Waals surface area contributed by atoms with Crippen LogP contribution in [0.1, 0.15) is 41.8 Å². The third-order valence-electron chi connectivity index (χ3n) is 7.53. The van der Waals surface area contributed by atoms with Crippen LogP contribution in [-0.4, -0.2) is 53.4 Å². The van der Waals surface area contributed by atoms with E-state index < -0.39 is 11.5 Å². The minimum absolute atomic E-state index is 0.0531. The minimum Gasteiger partial charge on any atom is -0.386 e. The van der Waals surface area contributed by atoms with Gasteiger partial charge < -0.3 is 25.6 Å². The van der Waals surface area contributed by atoms with Gasteiger partial charge >= 0.3 is 0 Å². The highest BCUT2D eigenvalue weighted by Crippen LogP contribution is 2.41. The Morgan fingerprint density at radius 2 is 1.84 bits per heavy atom. The number of anilines is 1. The quantitative estimate of drug-likeness (QED) is 0.373. The number of nitrogens with zero attached hydrogens (tertiary/aromatic N) is 2. The van der Waals surface area contributed by atoms with E-state index in [-0.39, 0.29) is 24.2 Å². The van der Waals surface area contributed by atoms with Crippen molar-refractivity contribution in [3.63, 3.8) is 0 Å². The second kappa shape index (κ2) is 8.99. The number of primary amides is 1. The zero-order valence-corrected chi connectivity index (χ0v) is 22.3. The number of amides is 3. The molecule has 0 spiro atoms. The summed E-state index contributed by atoms with van der Waals surface area (Å²) in [6.45, 7) is 5.75. The van der Waals surface area contributed by atoms with Crippen molar-refractivity contribution in [2.75, 3.05) is 25.5 Å². The summed E-state index contributed by atoms with van der Waals surface area (Å²) in [4.78, 5) is 44.4. The predicted octanol–water partition coefficient (Wildman–Crippen LogP) is 4.06. The molecular weight excluding hydrogens is 480 g/mol. The van der Waals surface area contributed by atoms with Crippen molar-refractivity contribution in [1.82, 2.24) is 9.88 Å². The Hall–Kier alpha value is -4.17. The van der Waals surface area contributed by atoms with Gasteiger partial charge in [0.2, 0.25) is 11.8 Å². The van der Waals surface area contributed by atoms with Gasteiger partial charge in [0.15, 0.2) is 0 Å². The number of nitrogens with one attached hydrogen (secondary N) is 1. The number of fused-ring (bicyclic) bond motifs is 3. The van der Waals surface area contributed by atoms with Crippen molar-refractivity contribution in [1.29, 1.82) is 0 Å². The highest BCUT2D eigenvalue weighted by atomic mass is 16.3. The molecule has 1 aromatic heterocycles. The summed E-state index contributed by atoms with van der Waals surface area (Å²) in [7, 11) is 3.40. The summed E-state index contributed by atoms with van der Waals surface area (Å²) < 4.78 is 0. The molecule has 1 aliphatic rings. The van der Waals surface area contributed by atoms with Crippen LogP contribution >= 0.6 is 0 Å². The molecule has 0 saturated carbocycles. The average Bonchev–Trinajstić information content (AvgIpc) is 3.42. The number of aliphatic hydroxyl groups is 1. The molecule has 0 bridgehead atoms. The third-order valence-corrected chi connectivity index (χ3v) is 7.53. The van der Waals surface area contributed by atoms with E-state index in [0.717, 1.165) is 44.2 Å². The Morgan fingerprint density at radius 3 is 2.50 bits per heavy atom. The highest BCUT2D eigenvalue weighted by Gasteiger charge is 2.36. The van der Waals surface area contributed by atoms with E-state index in [1.807, 2.05) is 49.4 Å². The fourth-order valence-electron chi connectivity index (χ4n) is 5.50. The summed E-state index contributed by atoms with van der Waals surface area (Å²) in [6, 6.07) is 15.1. The number of rotatable bonds is 5. The van der Waals surface area contributed by atoms with Gasteiger partial charge in [-0.1, -0.05) is 30.3 Å². The topological polar surface area (TPSA) is 120 Å². The Kier molecular flexibility index (Phi) is 6.03.